The Bertz CT molecular complexity index is 761. The number of hydrogen-bond acceptors (Lipinski definition) is 6. The lowest BCUT2D eigenvalue weighted by Gasteiger charge is -2.05. The minimum Gasteiger partial charge on any atom is -0.415 e. The van der Waals surface area contributed by atoms with Crippen molar-refractivity contribution < 1.29 is 8.83 Å². The highest BCUT2D eigenvalue weighted by atomic mass is 16.4. The summed E-state index contributed by atoms with van der Waals surface area (Å²) in [5.41, 5.74) is -0.860. The van der Waals surface area contributed by atoms with Crippen LogP contribution >= 0.6 is 0 Å². The van der Waals surface area contributed by atoms with Gasteiger partial charge in [-0.2, -0.15) is 0 Å². The van der Waals surface area contributed by atoms with Crippen molar-refractivity contribution in [2.75, 3.05) is 0 Å². The first kappa shape index (κ1) is 15.7. The van der Waals surface area contributed by atoms with E-state index in [9.17, 15) is 19.2 Å². The summed E-state index contributed by atoms with van der Waals surface area (Å²) in [6, 6.07) is 2.47. The standard InChI is InChI=1S/C14H16N2O6/c1-9-7-11(17)15(13(19)21-9)5-3-4-6-16-12(18)8-10(2)22-14(16)20/h7-8H,3-6H2,1-2H3. The molecule has 0 spiro atoms. The van der Waals surface area contributed by atoms with Crippen molar-refractivity contribution in [2.24, 2.45) is 0 Å². The molecule has 0 unspecified atom stereocenters. The molecule has 2 heterocycles. The molecule has 0 fully saturated rings. The monoisotopic (exact) mass is 308 g/mol. The first-order valence-corrected chi connectivity index (χ1v) is 6.81. The molecule has 2 aromatic rings. The van der Waals surface area contributed by atoms with Crippen LogP contribution in [-0.4, -0.2) is 9.13 Å². The van der Waals surface area contributed by atoms with Gasteiger partial charge in [-0.3, -0.25) is 9.59 Å². The zero-order chi connectivity index (χ0) is 16.3. The number of aromatic nitrogens is 2. The highest BCUT2D eigenvalue weighted by molar-refractivity contribution is 4.92. The highest BCUT2D eigenvalue weighted by Gasteiger charge is 2.06. The van der Waals surface area contributed by atoms with Gasteiger partial charge in [0.25, 0.3) is 11.1 Å². The molecule has 0 saturated heterocycles. The van der Waals surface area contributed by atoms with Crippen LogP contribution in [-0.2, 0) is 13.1 Å². The van der Waals surface area contributed by atoms with E-state index in [2.05, 4.69) is 0 Å². The molecule has 0 N–H and O–H groups in total. The third-order valence-corrected chi connectivity index (χ3v) is 3.14. The first-order chi connectivity index (χ1) is 10.4. The molecule has 2 aromatic heterocycles. The fourth-order valence-corrected chi connectivity index (χ4v) is 2.07. The largest absolute Gasteiger partial charge is 0.421 e. The summed E-state index contributed by atoms with van der Waals surface area (Å²) >= 11 is 0. The quantitative estimate of drug-likeness (QED) is 0.721. The Hall–Kier alpha value is -2.64. The molecule has 0 aliphatic carbocycles. The lowest BCUT2D eigenvalue weighted by atomic mass is 10.3. The molecule has 0 aromatic carbocycles. The molecule has 118 valence electrons. The molecule has 0 saturated carbocycles. The van der Waals surface area contributed by atoms with Gasteiger partial charge >= 0.3 is 11.5 Å². The van der Waals surface area contributed by atoms with Gasteiger partial charge in [0.05, 0.1) is 0 Å². The van der Waals surface area contributed by atoms with Crippen molar-refractivity contribution in [3.8, 4) is 0 Å². The topological polar surface area (TPSA) is 104 Å². The van der Waals surface area contributed by atoms with E-state index in [0.717, 1.165) is 9.13 Å². The number of nitrogens with zero attached hydrogens (tertiary/aromatic N) is 2. The molecule has 0 atom stereocenters. The number of hydrogen-bond donors (Lipinski definition) is 0. The zero-order valence-electron chi connectivity index (χ0n) is 12.3. The van der Waals surface area contributed by atoms with Crippen LogP contribution < -0.4 is 22.6 Å². The second-order valence-corrected chi connectivity index (χ2v) is 4.93. The molecule has 2 rings (SSSR count). The Morgan fingerprint density at radius 2 is 1.14 bits per heavy atom. The summed E-state index contributed by atoms with van der Waals surface area (Å²) in [5, 5.41) is 0. The van der Waals surface area contributed by atoms with Crippen LogP contribution in [0.2, 0.25) is 0 Å². The Kier molecular flexibility index (Phi) is 4.59. The fraction of sp³-hybridized carbons (Fsp3) is 0.429. The Labute approximate surface area is 124 Å². The SMILES string of the molecule is Cc1cc(=O)n(CCCCn2c(=O)cc(C)oc2=O)c(=O)o1. The van der Waals surface area contributed by atoms with Crippen molar-refractivity contribution in [2.45, 2.75) is 39.8 Å². The first-order valence-electron chi connectivity index (χ1n) is 6.81. The third kappa shape index (κ3) is 3.51. The summed E-state index contributed by atoms with van der Waals surface area (Å²) < 4.78 is 11.6. The lowest BCUT2D eigenvalue weighted by molar-refractivity contribution is 0.374. The van der Waals surface area contributed by atoms with E-state index in [1.54, 1.807) is 0 Å². The fourth-order valence-electron chi connectivity index (χ4n) is 2.07. The van der Waals surface area contributed by atoms with E-state index >= 15 is 0 Å². The van der Waals surface area contributed by atoms with Gasteiger partial charge in [-0.25, -0.2) is 18.7 Å². The average molecular weight is 308 g/mol. The normalized spacial score (nSPS) is 10.8. The van der Waals surface area contributed by atoms with Gasteiger partial charge in [0.15, 0.2) is 0 Å². The number of unbranched alkanes of at least 4 members (excludes halogenated alkanes) is 1. The average Bonchev–Trinajstić information content (AvgIpc) is 2.38. The minimum atomic E-state index is -0.711. The van der Waals surface area contributed by atoms with E-state index in [0.29, 0.717) is 12.8 Å². The second-order valence-electron chi connectivity index (χ2n) is 4.93. The smallest absolute Gasteiger partial charge is 0.415 e. The molecule has 0 aliphatic rings. The molecule has 22 heavy (non-hydrogen) atoms. The maximum absolute atomic E-state index is 11.7. The minimum absolute atomic E-state index is 0.160. The number of aryl methyl sites for hydroxylation is 2. The summed E-state index contributed by atoms with van der Waals surface area (Å²) in [6.07, 6.45) is 0.876. The van der Waals surface area contributed by atoms with Gasteiger partial charge in [-0.15, -0.1) is 0 Å². The number of rotatable bonds is 5. The Morgan fingerprint density at radius 1 is 0.773 bits per heavy atom. The Balaban J connectivity index is 2.02. The summed E-state index contributed by atoms with van der Waals surface area (Å²) in [4.78, 5) is 46.4. The van der Waals surface area contributed by atoms with Gasteiger partial charge in [0.2, 0.25) is 0 Å². The van der Waals surface area contributed by atoms with E-state index < -0.39 is 22.6 Å². The van der Waals surface area contributed by atoms with Gasteiger partial charge in [0.1, 0.15) is 11.5 Å². The predicted molar refractivity (Wildman–Crippen MR) is 77.2 cm³/mol. The van der Waals surface area contributed by atoms with Crippen LogP contribution in [0.4, 0.5) is 0 Å². The zero-order valence-corrected chi connectivity index (χ0v) is 12.3. The van der Waals surface area contributed by atoms with Crippen molar-refractivity contribution in [3.63, 3.8) is 0 Å². The molecule has 0 amide bonds. The highest BCUT2D eigenvalue weighted by Crippen LogP contribution is 1.95. The van der Waals surface area contributed by atoms with Gasteiger partial charge < -0.3 is 8.83 Å². The van der Waals surface area contributed by atoms with Crippen LogP contribution in [0.3, 0.4) is 0 Å². The van der Waals surface area contributed by atoms with Crippen LogP contribution in [0, 0.1) is 13.8 Å². The van der Waals surface area contributed by atoms with Crippen molar-refractivity contribution in [3.05, 3.63) is 65.5 Å². The molecule has 0 bridgehead atoms. The van der Waals surface area contributed by atoms with Crippen LogP contribution in [0.15, 0.2) is 40.1 Å². The van der Waals surface area contributed by atoms with Gasteiger partial charge in [-0.05, 0) is 26.7 Å². The molecular weight excluding hydrogens is 292 g/mol. The van der Waals surface area contributed by atoms with Crippen LogP contribution in [0.5, 0.6) is 0 Å². The molecular formula is C14H16N2O6. The van der Waals surface area contributed by atoms with Gasteiger partial charge in [-0.1, -0.05) is 0 Å². The van der Waals surface area contributed by atoms with Crippen molar-refractivity contribution >= 4 is 0 Å². The maximum atomic E-state index is 11.7. The molecule has 8 heteroatoms. The van der Waals surface area contributed by atoms with Crippen LogP contribution in [0.1, 0.15) is 24.4 Å². The molecule has 8 nitrogen and oxygen atoms in total. The predicted octanol–water partition coefficient (Wildman–Crippen LogP) is 0.0136. The molecule has 0 aliphatic heterocycles. The Morgan fingerprint density at radius 3 is 1.45 bits per heavy atom. The maximum Gasteiger partial charge on any atom is 0.421 e. The van der Waals surface area contributed by atoms with E-state index in [1.165, 1.54) is 26.0 Å². The van der Waals surface area contributed by atoms with Crippen molar-refractivity contribution in [1.29, 1.82) is 0 Å². The van der Waals surface area contributed by atoms with E-state index in [-0.39, 0.29) is 24.6 Å². The van der Waals surface area contributed by atoms with Gasteiger partial charge in [0, 0.05) is 25.2 Å². The second kappa shape index (κ2) is 6.42. The summed E-state index contributed by atoms with van der Waals surface area (Å²) in [6.45, 7) is 3.37. The van der Waals surface area contributed by atoms with E-state index in [1.807, 2.05) is 0 Å². The third-order valence-electron chi connectivity index (χ3n) is 3.14. The van der Waals surface area contributed by atoms with E-state index in [4.69, 9.17) is 8.83 Å². The van der Waals surface area contributed by atoms with Crippen molar-refractivity contribution in [1.82, 2.24) is 9.13 Å². The van der Waals surface area contributed by atoms with Crippen LogP contribution in [0.25, 0.3) is 0 Å². The molecule has 0 radical (unpaired) electrons. The lowest BCUT2D eigenvalue weighted by Crippen LogP contribution is -2.34. The summed E-state index contributed by atoms with van der Waals surface area (Å²) in [7, 11) is 0. The summed E-state index contributed by atoms with van der Waals surface area (Å²) in [5.74, 6) is -0.904.